The van der Waals surface area contributed by atoms with Gasteiger partial charge in [0, 0.05) is 24.2 Å². The van der Waals surface area contributed by atoms with Crippen LogP contribution in [0.1, 0.15) is 86.0 Å². The molecule has 3 saturated carbocycles. The maximum atomic E-state index is 11.6. The van der Waals surface area contributed by atoms with Crippen molar-refractivity contribution in [3.63, 3.8) is 0 Å². The van der Waals surface area contributed by atoms with Gasteiger partial charge in [-0.25, -0.2) is 0 Å². The maximum absolute atomic E-state index is 11.6. The molecule has 5 saturated heterocycles. The molecule has 16 nitrogen and oxygen atoms in total. The third-order valence-electron chi connectivity index (χ3n) is 17.1. The highest BCUT2D eigenvalue weighted by Crippen LogP contribution is 2.71. The predicted molar refractivity (Wildman–Crippen MR) is 208 cm³/mol. The molecule has 8 N–H and O–H groups in total. The van der Waals surface area contributed by atoms with E-state index in [1.54, 1.807) is 6.92 Å². The molecular formula is C44H68O16. The Labute approximate surface area is 351 Å². The zero-order chi connectivity index (χ0) is 42.8. The van der Waals surface area contributed by atoms with Gasteiger partial charge in [-0.05, 0) is 81.5 Å². The first kappa shape index (κ1) is 44.1. The molecule has 0 aromatic carbocycles. The van der Waals surface area contributed by atoms with Gasteiger partial charge in [-0.3, -0.25) is 0 Å². The molecule has 0 aromatic rings. The lowest BCUT2D eigenvalue weighted by Crippen LogP contribution is -2.66. The SMILES string of the molecule is C=C1CCC2(OC1)OC1CC3C4CC=C5CC(O)CC(OC6OC(C)C(O)C(OC7OCC(O)C(O)C7O)C6OC6OC(C)C(O)C(O)C6O)C5(C)C4CCC3(C)C1C2C. The third kappa shape index (κ3) is 6.94. The molecule has 9 aliphatic rings. The number of allylic oxidation sites excluding steroid dienone is 1. The van der Waals surface area contributed by atoms with Crippen LogP contribution >= 0.6 is 0 Å². The van der Waals surface area contributed by atoms with Crippen molar-refractivity contribution in [3.8, 4) is 0 Å². The zero-order valence-electron chi connectivity index (χ0n) is 35.4. The normalized spacial score (nSPS) is 58.0. The van der Waals surface area contributed by atoms with E-state index >= 15 is 0 Å². The Bertz CT molecular complexity index is 1620. The molecule has 5 aliphatic heterocycles. The van der Waals surface area contributed by atoms with E-state index in [-0.39, 0.29) is 36.4 Å². The molecule has 25 atom stereocenters. The number of fused-ring (bicyclic) bond motifs is 7. The number of hydrogen-bond acceptors (Lipinski definition) is 16. The summed E-state index contributed by atoms with van der Waals surface area (Å²) in [5.41, 5.74) is 1.75. The fraction of sp³-hybridized carbons (Fsp3) is 0.909. The number of rotatable bonds is 6. The minimum absolute atomic E-state index is 0.0475. The van der Waals surface area contributed by atoms with Gasteiger partial charge >= 0.3 is 0 Å². The Balaban J connectivity index is 1.01. The molecule has 25 unspecified atom stereocenters. The Hall–Kier alpha value is -1.16. The van der Waals surface area contributed by atoms with Gasteiger partial charge in [-0.1, -0.05) is 44.6 Å². The van der Waals surface area contributed by atoms with Crippen LogP contribution in [0.3, 0.4) is 0 Å². The van der Waals surface area contributed by atoms with Crippen molar-refractivity contribution in [2.75, 3.05) is 13.2 Å². The largest absolute Gasteiger partial charge is 0.393 e. The van der Waals surface area contributed by atoms with E-state index in [2.05, 4.69) is 33.4 Å². The quantitative estimate of drug-likeness (QED) is 0.172. The van der Waals surface area contributed by atoms with Gasteiger partial charge < -0.3 is 78.7 Å². The van der Waals surface area contributed by atoms with E-state index in [0.717, 1.165) is 49.7 Å². The Kier molecular flexibility index (Phi) is 11.8. The van der Waals surface area contributed by atoms with Crippen molar-refractivity contribution in [3.05, 3.63) is 23.8 Å². The Morgan fingerprint density at radius 3 is 2.18 bits per heavy atom. The van der Waals surface area contributed by atoms with Crippen LogP contribution in [0.25, 0.3) is 0 Å². The summed E-state index contributed by atoms with van der Waals surface area (Å²) in [6.07, 6.45) is -12.5. The summed E-state index contributed by atoms with van der Waals surface area (Å²) >= 11 is 0. The molecule has 16 heteroatoms. The van der Waals surface area contributed by atoms with Crippen LogP contribution in [-0.4, -0.2) is 164 Å². The molecule has 4 aliphatic carbocycles. The maximum Gasteiger partial charge on any atom is 0.187 e. The van der Waals surface area contributed by atoms with Gasteiger partial charge in [0.2, 0.25) is 0 Å². The first-order valence-electron chi connectivity index (χ1n) is 22.4. The second-order valence-corrected chi connectivity index (χ2v) is 20.3. The minimum Gasteiger partial charge on any atom is -0.393 e. The number of ether oxygens (including phenoxy) is 8. The van der Waals surface area contributed by atoms with Gasteiger partial charge in [0.25, 0.3) is 0 Å². The van der Waals surface area contributed by atoms with Gasteiger partial charge in [-0.15, -0.1) is 0 Å². The van der Waals surface area contributed by atoms with Crippen LogP contribution < -0.4 is 0 Å². The molecule has 5 heterocycles. The fourth-order valence-electron chi connectivity index (χ4n) is 13.6. The smallest absolute Gasteiger partial charge is 0.187 e. The highest BCUT2D eigenvalue weighted by atomic mass is 16.8. The van der Waals surface area contributed by atoms with Crippen molar-refractivity contribution in [2.45, 2.75) is 196 Å². The van der Waals surface area contributed by atoms with Crippen molar-refractivity contribution < 1.29 is 78.7 Å². The van der Waals surface area contributed by atoms with E-state index in [1.165, 1.54) is 6.92 Å². The summed E-state index contributed by atoms with van der Waals surface area (Å²) in [6.45, 7) is 14.5. The van der Waals surface area contributed by atoms with Crippen molar-refractivity contribution in [1.29, 1.82) is 0 Å². The van der Waals surface area contributed by atoms with Gasteiger partial charge in [0.15, 0.2) is 24.7 Å². The summed E-state index contributed by atoms with van der Waals surface area (Å²) in [5.74, 6) is 0.962. The molecule has 1 spiro atoms. The summed E-state index contributed by atoms with van der Waals surface area (Å²) in [7, 11) is 0. The van der Waals surface area contributed by atoms with E-state index in [1.807, 2.05) is 0 Å². The molecule has 0 bridgehead atoms. The highest BCUT2D eigenvalue weighted by molar-refractivity contribution is 5.29. The number of aliphatic hydroxyl groups excluding tert-OH is 8. The van der Waals surface area contributed by atoms with Crippen LogP contribution in [0.15, 0.2) is 23.8 Å². The van der Waals surface area contributed by atoms with Gasteiger partial charge in [-0.2, -0.15) is 0 Å². The molecule has 0 radical (unpaired) electrons. The summed E-state index contributed by atoms with van der Waals surface area (Å²) in [5, 5.41) is 86.8. The lowest BCUT2D eigenvalue weighted by molar-refractivity contribution is -0.391. The van der Waals surface area contributed by atoms with Crippen molar-refractivity contribution in [2.24, 2.45) is 40.4 Å². The third-order valence-corrected chi connectivity index (χ3v) is 17.1. The van der Waals surface area contributed by atoms with Crippen LogP contribution in [0.4, 0.5) is 0 Å². The minimum atomic E-state index is -1.72. The van der Waals surface area contributed by atoms with Gasteiger partial charge in [0.1, 0.15) is 54.9 Å². The number of aliphatic hydroxyl groups is 8. The Morgan fingerprint density at radius 1 is 0.750 bits per heavy atom. The molecule has 340 valence electrons. The lowest BCUT2D eigenvalue weighted by atomic mass is 9.46. The van der Waals surface area contributed by atoms with Gasteiger partial charge in [0.05, 0.1) is 43.7 Å². The highest BCUT2D eigenvalue weighted by Gasteiger charge is 2.69. The summed E-state index contributed by atoms with van der Waals surface area (Å²) in [6, 6.07) is 0. The molecule has 8 fully saturated rings. The van der Waals surface area contributed by atoms with E-state index in [0.29, 0.717) is 30.8 Å². The van der Waals surface area contributed by atoms with Crippen molar-refractivity contribution >= 4 is 0 Å². The van der Waals surface area contributed by atoms with Crippen LogP contribution in [0, 0.1) is 40.4 Å². The van der Waals surface area contributed by atoms with E-state index < -0.39 is 109 Å². The molecular weight excluding hydrogens is 784 g/mol. The topological polar surface area (TPSA) is 236 Å². The van der Waals surface area contributed by atoms with E-state index in [9.17, 15) is 40.9 Å². The molecule has 60 heavy (non-hydrogen) atoms. The second-order valence-electron chi connectivity index (χ2n) is 20.3. The van der Waals surface area contributed by atoms with Crippen LogP contribution in [0.5, 0.6) is 0 Å². The summed E-state index contributed by atoms with van der Waals surface area (Å²) in [4.78, 5) is 0. The average molecular weight is 853 g/mol. The fourth-order valence-corrected chi connectivity index (χ4v) is 13.6. The Morgan fingerprint density at radius 2 is 1.45 bits per heavy atom. The molecule has 0 amide bonds. The predicted octanol–water partition coefficient (Wildman–Crippen LogP) is 0.772. The first-order valence-corrected chi connectivity index (χ1v) is 22.4. The standard InChI is InChI=1S/C44H68O16/c1-18-9-12-44(54-16-18)19(2)30-28(60-44)15-26-24-8-7-22-13-23(45)14-29(43(22,6)25(24)10-11-42(26,30)5)57-41-38(59-40-36(52)34(50)31(47)20(3)55-40)37(32(48)21(4)56-41)58-39-35(51)33(49)27(46)17-53-39/h7,19-21,23-41,45-52H,1,8-17H2,2-6H3. The molecule has 9 rings (SSSR count). The summed E-state index contributed by atoms with van der Waals surface area (Å²) < 4.78 is 50.9. The first-order chi connectivity index (χ1) is 28.4. The van der Waals surface area contributed by atoms with E-state index in [4.69, 9.17) is 37.9 Å². The van der Waals surface area contributed by atoms with Crippen LogP contribution in [0.2, 0.25) is 0 Å². The number of hydrogen-bond donors (Lipinski definition) is 8. The lowest BCUT2D eigenvalue weighted by Gasteiger charge is -2.60. The second kappa shape index (κ2) is 16.1. The zero-order valence-corrected chi connectivity index (χ0v) is 35.4. The molecule has 0 aromatic heterocycles. The monoisotopic (exact) mass is 852 g/mol. The average Bonchev–Trinajstić information content (AvgIpc) is 3.66. The van der Waals surface area contributed by atoms with Crippen molar-refractivity contribution in [1.82, 2.24) is 0 Å². The van der Waals surface area contributed by atoms with Crippen LogP contribution in [-0.2, 0) is 37.9 Å².